The second kappa shape index (κ2) is 4.14. The number of aromatic nitrogens is 3. The summed E-state index contributed by atoms with van der Waals surface area (Å²) in [5.41, 5.74) is 1.64. The van der Waals surface area contributed by atoms with Gasteiger partial charge in [0, 0.05) is 5.69 Å². The Balaban J connectivity index is 2.36. The van der Waals surface area contributed by atoms with Gasteiger partial charge in [0.25, 0.3) is 0 Å². The van der Waals surface area contributed by atoms with Gasteiger partial charge >= 0.3 is 5.97 Å². The summed E-state index contributed by atoms with van der Waals surface area (Å²) in [5.74, 6) is -0.0647. The van der Waals surface area contributed by atoms with Gasteiger partial charge in [-0.2, -0.15) is 0 Å². The van der Waals surface area contributed by atoms with Crippen molar-refractivity contribution in [2.75, 3.05) is 0 Å². The minimum absolute atomic E-state index is 0.0228. The first-order valence-corrected chi connectivity index (χ1v) is 4.84. The molecule has 5 heteroatoms. The van der Waals surface area contributed by atoms with E-state index in [0.717, 1.165) is 17.1 Å². The Labute approximate surface area is 92.4 Å². The molecule has 0 aliphatic carbocycles. The lowest BCUT2D eigenvalue weighted by atomic mass is 10.1. The molecule has 16 heavy (non-hydrogen) atoms. The van der Waals surface area contributed by atoms with Crippen LogP contribution in [0.15, 0.2) is 30.6 Å². The number of hydrogen-bond acceptors (Lipinski definition) is 3. The maximum absolute atomic E-state index is 10.6. The first-order chi connectivity index (χ1) is 7.66. The quantitative estimate of drug-likeness (QED) is 0.838. The topological polar surface area (TPSA) is 68.0 Å². The minimum atomic E-state index is -0.836. The Bertz CT molecular complexity index is 519. The molecule has 2 rings (SSSR count). The molecule has 0 saturated heterocycles. The van der Waals surface area contributed by atoms with E-state index in [1.807, 2.05) is 29.7 Å². The van der Waals surface area contributed by atoms with Gasteiger partial charge in [-0.3, -0.25) is 9.36 Å². The van der Waals surface area contributed by atoms with E-state index in [2.05, 4.69) is 10.2 Å². The van der Waals surface area contributed by atoms with Crippen molar-refractivity contribution in [3.8, 4) is 5.69 Å². The molecule has 0 aliphatic rings. The molecule has 0 radical (unpaired) electrons. The summed E-state index contributed by atoms with van der Waals surface area (Å²) in [6, 6.07) is 7.33. The van der Waals surface area contributed by atoms with Crippen molar-refractivity contribution in [1.29, 1.82) is 0 Å². The number of aliphatic carboxylic acids is 1. The van der Waals surface area contributed by atoms with Crippen LogP contribution in [0, 0.1) is 6.92 Å². The standard InChI is InChI=1S/C11H11N3O2/c1-8-13-12-7-14(8)10-4-2-3-9(5-10)6-11(15)16/h2-5,7H,6H2,1H3,(H,15,16). The van der Waals surface area contributed by atoms with E-state index in [4.69, 9.17) is 5.11 Å². The molecular weight excluding hydrogens is 206 g/mol. The van der Waals surface area contributed by atoms with E-state index in [0.29, 0.717) is 0 Å². The van der Waals surface area contributed by atoms with Gasteiger partial charge in [-0.15, -0.1) is 10.2 Å². The smallest absolute Gasteiger partial charge is 0.307 e. The molecule has 1 N–H and O–H groups in total. The molecule has 0 fully saturated rings. The number of carboxylic acid groups (broad SMARTS) is 1. The van der Waals surface area contributed by atoms with E-state index in [1.54, 1.807) is 12.4 Å². The maximum Gasteiger partial charge on any atom is 0.307 e. The third-order valence-corrected chi connectivity index (χ3v) is 2.26. The molecule has 0 unspecified atom stereocenters. The highest BCUT2D eigenvalue weighted by atomic mass is 16.4. The summed E-state index contributed by atoms with van der Waals surface area (Å²) in [6.45, 7) is 1.84. The van der Waals surface area contributed by atoms with E-state index in [-0.39, 0.29) is 6.42 Å². The summed E-state index contributed by atoms with van der Waals surface area (Å²) in [5, 5.41) is 16.4. The Morgan fingerprint density at radius 1 is 1.50 bits per heavy atom. The van der Waals surface area contributed by atoms with Crippen molar-refractivity contribution < 1.29 is 9.90 Å². The second-order valence-electron chi connectivity index (χ2n) is 3.49. The Morgan fingerprint density at radius 2 is 2.31 bits per heavy atom. The highest BCUT2D eigenvalue weighted by Gasteiger charge is 2.04. The Kier molecular flexibility index (Phi) is 2.68. The number of nitrogens with zero attached hydrogens (tertiary/aromatic N) is 3. The summed E-state index contributed by atoms with van der Waals surface area (Å²) in [4.78, 5) is 10.6. The van der Waals surface area contributed by atoms with Gasteiger partial charge in [-0.25, -0.2) is 0 Å². The molecule has 0 saturated carbocycles. The SMILES string of the molecule is Cc1nncn1-c1cccc(CC(=O)O)c1. The van der Waals surface area contributed by atoms with Crippen LogP contribution in [0.2, 0.25) is 0 Å². The molecule has 1 aromatic carbocycles. The zero-order chi connectivity index (χ0) is 11.5. The highest BCUT2D eigenvalue weighted by Crippen LogP contribution is 2.12. The van der Waals surface area contributed by atoms with Crippen molar-refractivity contribution in [3.05, 3.63) is 42.0 Å². The van der Waals surface area contributed by atoms with Crippen molar-refractivity contribution in [2.24, 2.45) is 0 Å². The number of aryl methyl sites for hydroxylation is 1. The zero-order valence-electron chi connectivity index (χ0n) is 8.79. The third-order valence-electron chi connectivity index (χ3n) is 2.26. The zero-order valence-corrected chi connectivity index (χ0v) is 8.79. The number of rotatable bonds is 3. The van der Waals surface area contributed by atoms with Gasteiger partial charge in [0.15, 0.2) is 0 Å². The lowest BCUT2D eigenvalue weighted by Crippen LogP contribution is -2.02. The first-order valence-electron chi connectivity index (χ1n) is 4.84. The van der Waals surface area contributed by atoms with Gasteiger partial charge < -0.3 is 5.11 Å². The molecule has 0 aliphatic heterocycles. The highest BCUT2D eigenvalue weighted by molar-refractivity contribution is 5.70. The van der Waals surface area contributed by atoms with Crippen molar-refractivity contribution in [2.45, 2.75) is 13.3 Å². The molecular formula is C11H11N3O2. The summed E-state index contributed by atoms with van der Waals surface area (Å²) < 4.78 is 1.81. The molecule has 0 bridgehead atoms. The molecule has 1 heterocycles. The van der Waals surface area contributed by atoms with Gasteiger partial charge in [-0.05, 0) is 24.6 Å². The molecule has 0 spiro atoms. The van der Waals surface area contributed by atoms with Crippen LogP contribution in [-0.4, -0.2) is 25.8 Å². The predicted octanol–water partition coefficient (Wildman–Crippen LogP) is 1.20. The van der Waals surface area contributed by atoms with E-state index in [9.17, 15) is 4.79 Å². The fourth-order valence-electron chi connectivity index (χ4n) is 1.54. The normalized spacial score (nSPS) is 10.3. The average Bonchev–Trinajstić information content (AvgIpc) is 2.64. The Morgan fingerprint density at radius 3 is 2.94 bits per heavy atom. The molecule has 0 atom stereocenters. The lowest BCUT2D eigenvalue weighted by Gasteiger charge is -2.05. The number of benzene rings is 1. The fourth-order valence-corrected chi connectivity index (χ4v) is 1.54. The van der Waals surface area contributed by atoms with Gasteiger partial charge in [0.2, 0.25) is 0 Å². The van der Waals surface area contributed by atoms with Crippen molar-refractivity contribution >= 4 is 5.97 Å². The molecule has 82 valence electrons. The number of hydrogen-bond donors (Lipinski definition) is 1. The lowest BCUT2D eigenvalue weighted by molar-refractivity contribution is -0.136. The third kappa shape index (κ3) is 2.08. The van der Waals surface area contributed by atoms with Gasteiger partial charge in [0.1, 0.15) is 12.2 Å². The minimum Gasteiger partial charge on any atom is -0.481 e. The van der Waals surface area contributed by atoms with Crippen LogP contribution in [0.3, 0.4) is 0 Å². The van der Waals surface area contributed by atoms with Crippen molar-refractivity contribution in [1.82, 2.24) is 14.8 Å². The van der Waals surface area contributed by atoms with Gasteiger partial charge in [0.05, 0.1) is 6.42 Å². The van der Waals surface area contributed by atoms with E-state index < -0.39 is 5.97 Å². The maximum atomic E-state index is 10.6. The van der Waals surface area contributed by atoms with E-state index >= 15 is 0 Å². The molecule has 1 aromatic heterocycles. The van der Waals surface area contributed by atoms with Crippen LogP contribution >= 0.6 is 0 Å². The number of carboxylic acids is 1. The largest absolute Gasteiger partial charge is 0.481 e. The Hall–Kier alpha value is -2.17. The average molecular weight is 217 g/mol. The monoisotopic (exact) mass is 217 g/mol. The molecule has 2 aromatic rings. The number of carbonyl (C=O) groups is 1. The second-order valence-corrected chi connectivity index (χ2v) is 3.49. The summed E-state index contributed by atoms with van der Waals surface area (Å²) >= 11 is 0. The van der Waals surface area contributed by atoms with Crippen LogP contribution in [-0.2, 0) is 11.2 Å². The van der Waals surface area contributed by atoms with Crippen LogP contribution in [0.5, 0.6) is 0 Å². The van der Waals surface area contributed by atoms with Crippen molar-refractivity contribution in [3.63, 3.8) is 0 Å². The van der Waals surface area contributed by atoms with Crippen LogP contribution in [0.25, 0.3) is 5.69 Å². The predicted molar refractivity (Wildman–Crippen MR) is 57.4 cm³/mol. The van der Waals surface area contributed by atoms with Gasteiger partial charge in [-0.1, -0.05) is 12.1 Å². The van der Waals surface area contributed by atoms with Crippen LogP contribution in [0.4, 0.5) is 0 Å². The van der Waals surface area contributed by atoms with E-state index in [1.165, 1.54) is 0 Å². The first kappa shape index (κ1) is 10.4. The summed E-state index contributed by atoms with van der Waals surface area (Å²) in [7, 11) is 0. The van der Waals surface area contributed by atoms with Crippen LogP contribution in [0.1, 0.15) is 11.4 Å². The van der Waals surface area contributed by atoms with Crippen LogP contribution < -0.4 is 0 Å². The summed E-state index contributed by atoms with van der Waals surface area (Å²) in [6.07, 6.45) is 1.63. The fraction of sp³-hybridized carbons (Fsp3) is 0.182. The molecule has 0 amide bonds. The molecule has 5 nitrogen and oxygen atoms in total.